The fraction of sp³-hybridized carbons (Fsp3) is 0.412. The van der Waals surface area contributed by atoms with E-state index in [1.807, 2.05) is 63.5 Å². The Morgan fingerprint density at radius 1 is 0.837 bits per heavy atom. The van der Waals surface area contributed by atoms with Crippen molar-refractivity contribution in [3.8, 4) is 0 Å². The zero-order valence-electron chi connectivity index (χ0n) is 25.8. The van der Waals surface area contributed by atoms with Gasteiger partial charge in [-0.2, -0.15) is 0 Å². The van der Waals surface area contributed by atoms with Crippen LogP contribution in [0.2, 0.25) is 0 Å². The van der Waals surface area contributed by atoms with E-state index in [-0.39, 0.29) is 29.8 Å². The third-order valence-corrected chi connectivity index (χ3v) is 7.50. The van der Waals surface area contributed by atoms with E-state index in [0.29, 0.717) is 6.54 Å². The van der Waals surface area contributed by atoms with Gasteiger partial charge in [-0.1, -0.05) is 24.3 Å². The molecule has 0 spiro atoms. The zero-order chi connectivity index (χ0) is 31.1. The molecule has 0 atom stereocenters. The van der Waals surface area contributed by atoms with Crippen molar-refractivity contribution in [1.29, 1.82) is 0 Å². The van der Waals surface area contributed by atoms with Gasteiger partial charge in [0, 0.05) is 44.4 Å². The van der Waals surface area contributed by atoms with E-state index < -0.39 is 5.60 Å². The van der Waals surface area contributed by atoms with E-state index >= 15 is 0 Å². The van der Waals surface area contributed by atoms with Gasteiger partial charge < -0.3 is 28.9 Å². The number of nitrogens with zero attached hydrogens (tertiary/aromatic N) is 3. The predicted octanol–water partition coefficient (Wildman–Crippen LogP) is 4.81. The van der Waals surface area contributed by atoms with Crippen LogP contribution in [0.15, 0.2) is 70.3 Å². The summed E-state index contributed by atoms with van der Waals surface area (Å²) in [7, 11) is 0. The molecular weight excluding hydrogens is 544 g/mol. The second kappa shape index (κ2) is 13.8. The number of hydrogen-bond donors (Lipinski definition) is 1. The normalized spacial score (nSPS) is 14.3. The average Bonchev–Trinajstić information content (AvgIpc) is 2.94. The first-order chi connectivity index (χ1) is 20.4. The molecule has 5 rings (SSSR count). The molecule has 9 nitrogen and oxygen atoms in total. The number of piperidine rings is 1. The number of pyridine rings is 2. The molecule has 1 amide bonds. The molecule has 0 radical (unpaired) electrons. The van der Waals surface area contributed by atoms with E-state index in [1.54, 1.807) is 12.1 Å². The monoisotopic (exact) mass is 586 g/mol. The first-order valence-electron chi connectivity index (χ1n) is 14.8. The number of fused-ring (bicyclic) bond motifs is 2. The number of ether oxygens (including phenoxy) is 1. The van der Waals surface area contributed by atoms with Gasteiger partial charge >= 0.3 is 6.09 Å². The Hall–Kier alpha value is -4.24. The van der Waals surface area contributed by atoms with Crippen molar-refractivity contribution in [1.82, 2.24) is 19.4 Å². The molecule has 9 heteroatoms. The Morgan fingerprint density at radius 2 is 1.35 bits per heavy atom. The highest BCUT2D eigenvalue weighted by Crippen LogP contribution is 2.16. The van der Waals surface area contributed by atoms with Crippen LogP contribution in [0.25, 0.3) is 21.8 Å². The predicted molar refractivity (Wildman–Crippen MR) is 171 cm³/mol. The van der Waals surface area contributed by atoms with Crippen molar-refractivity contribution >= 4 is 34.2 Å². The number of carbonyl (C=O) groups excluding carboxylic acids is 2. The highest BCUT2D eigenvalue weighted by Gasteiger charge is 2.23. The molecule has 1 fully saturated rings. The Morgan fingerprint density at radius 3 is 1.88 bits per heavy atom. The number of nitrogens with one attached hydrogen (secondary N) is 1. The average molecular weight is 587 g/mol. The number of aldehydes is 1. The SMILES string of the molecule is Cc1ccc2ccc(=O)n(CC=O)c2c1.Cc1ccc2ccc(=O)n(CCN3CCC(NC(=O)OC(C)(C)C)CC3)c2c1. The Labute approximate surface area is 252 Å². The fourth-order valence-electron chi connectivity index (χ4n) is 5.31. The number of aryl methyl sites for hydroxylation is 2. The molecule has 1 aliphatic heterocycles. The van der Waals surface area contributed by atoms with Gasteiger partial charge in [0.25, 0.3) is 11.1 Å². The van der Waals surface area contributed by atoms with E-state index in [0.717, 1.165) is 71.7 Å². The molecule has 1 aliphatic rings. The summed E-state index contributed by atoms with van der Waals surface area (Å²) in [5.41, 5.74) is 3.46. The van der Waals surface area contributed by atoms with Crippen LogP contribution in [0.4, 0.5) is 4.79 Å². The lowest BCUT2D eigenvalue weighted by molar-refractivity contribution is -0.108. The van der Waals surface area contributed by atoms with E-state index in [9.17, 15) is 19.2 Å². The van der Waals surface area contributed by atoms with Crippen molar-refractivity contribution in [2.45, 2.75) is 72.2 Å². The van der Waals surface area contributed by atoms with Crippen LogP contribution in [0, 0.1) is 13.8 Å². The molecule has 4 aromatic rings. The number of benzene rings is 2. The lowest BCUT2D eigenvalue weighted by Gasteiger charge is -2.33. The number of carbonyl (C=O) groups is 2. The summed E-state index contributed by atoms with van der Waals surface area (Å²) in [6.07, 6.45) is 2.18. The minimum absolute atomic E-state index is 0.0413. The van der Waals surface area contributed by atoms with Crippen LogP contribution in [0.3, 0.4) is 0 Å². The summed E-state index contributed by atoms with van der Waals surface area (Å²) in [6.45, 7) is 13.0. The summed E-state index contributed by atoms with van der Waals surface area (Å²) in [5, 5.41) is 5.03. The molecule has 0 saturated carbocycles. The van der Waals surface area contributed by atoms with E-state index in [1.165, 1.54) is 10.6 Å². The molecule has 43 heavy (non-hydrogen) atoms. The minimum atomic E-state index is -0.477. The van der Waals surface area contributed by atoms with Gasteiger partial charge in [0.1, 0.15) is 11.9 Å². The molecule has 0 unspecified atom stereocenters. The van der Waals surface area contributed by atoms with Crippen molar-refractivity contribution in [3.05, 3.63) is 92.5 Å². The van der Waals surface area contributed by atoms with Gasteiger partial charge in [0.15, 0.2) is 0 Å². The van der Waals surface area contributed by atoms with Crippen LogP contribution in [0.5, 0.6) is 0 Å². The highest BCUT2D eigenvalue weighted by molar-refractivity contribution is 5.80. The lowest BCUT2D eigenvalue weighted by Crippen LogP contribution is -2.46. The second-order valence-corrected chi connectivity index (χ2v) is 12.2. The first kappa shape index (κ1) is 31.7. The van der Waals surface area contributed by atoms with Crippen molar-refractivity contribution in [2.24, 2.45) is 0 Å². The summed E-state index contributed by atoms with van der Waals surface area (Å²) in [4.78, 5) is 48.7. The molecular formula is C34H42N4O5. The maximum atomic E-state index is 12.4. The van der Waals surface area contributed by atoms with Gasteiger partial charge in [-0.15, -0.1) is 0 Å². The minimum Gasteiger partial charge on any atom is -0.444 e. The van der Waals surface area contributed by atoms with Gasteiger partial charge in [0.2, 0.25) is 0 Å². The van der Waals surface area contributed by atoms with Crippen molar-refractivity contribution < 1.29 is 14.3 Å². The van der Waals surface area contributed by atoms with Crippen LogP contribution in [0.1, 0.15) is 44.7 Å². The molecule has 2 aromatic carbocycles. The van der Waals surface area contributed by atoms with Crippen LogP contribution < -0.4 is 16.4 Å². The molecule has 1 saturated heterocycles. The maximum Gasteiger partial charge on any atom is 0.407 e. The number of aromatic nitrogens is 2. The third-order valence-electron chi connectivity index (χ3n) is 7.50. The van der Waals surface area contributed by atoms with Gasteiger partial charge in [-0.05, 0) is 93.6 Å². The molecule has 2 aromatic heterocycles. The van der Waals surface area contributed by atoms with Gasteiger partial charge in [-0.3, -0.25) is 9.59 Å². The lowest BCUT2D eigenvalue weighted by atomic mass is 10.1. The van der Waals surface area contributed by atoms with E-state index in [2.05, 4.69) is 28.4 Å². The molecule has 0 bridgehead atoms. The summed E-state index contributed by atoms with van der Waals surface area (Å²) in [6, 6.07) is 19.0. The molecule has 228 valence electrons. The fourth-order valence-corrected chi connectivity index (χ4v) is 5.31. The van der Waals surface area contributed by atoms with Gasteiger partial charge in [-0.25, -0.2) is 4.79 Å². The number of hydrogen-bond acceptors (Lipinski definition) is 6. The first-order valence-corrected chi connectivity index (χ1v) is 14.8. The second-order valence-electron chi connectivity index (χ2n) is 12.2. The van der Waals surface area contributed by atoms with Crippen LogP contribution in [-0.4, -0.2) is 57.7 Å². The van der Waals surface area contributed by atoms with Crippen molar-refractivity contribution in [2.75, 3.05) is 19.6 Å². The number of rotatable bonds is 6. The molecule has 1 N–H and O–H groups in total. The summed E-state index contributed by atoms with van der Waals surface area (Å²) in [5.74, 6) is 0. The Balaban J connectivity index is 0.000000237. The van der Waals surface area contributed by atoms with Crippen LogP contribution >= 0.6 is 0 Å². The molecule has 0 aliphatic carbocycles. The van der Waals surface area contributed by atoms with Gasteiger partial charge in [0.05, 0.1) is 17.6 Å². The van der Waals surface area contributed by atoms with E-state index in [4.69, 9.17) is 4.74 Å². The number of alkyl carbamates (subject to hydrolysis) is 1. The summed E-state index contributed by atoms with van der Waals surface area (Å²) >= 11 is 0. The topological polar surface area (TPSA) is 103 Å². The largest absolute Gasteiger partial charge is 0.444 e. The number of amides is 1. The zero-order valence-corrected chi connectivity index (χ0v) is 25.8. The Bertz CT molecular complexity index is 1710. The molecule has 3 heterocycles. The number of likely N-dealkylation sites (tertiary alicyclic amines) is 1. The quantitative estimate of drug-likeness (QED) is 0.326. The Kier molecular flexibility index (Phi) is 10.2. The summed E-state index contributed by atoms with van der Waals surface area (Å²) < 4.78 is 8.68. The smallest absolute Gasteiger partial charge is 0.407 e. The standard InChI is InChI=1S/C22H31N3O3.C12H11NO2/c1-16-5-6-17-7-8-20(26)25(19(17)15-16)14-13-24-11-9-18(10-12-24)23-21(27)28-22(2,3)4;1-9-2-3-10-4-5-12(15)13(6-7-14)11(10)8-9/h5-8,15,18H,9-14H2,1-4H3,(H,23,27);2-5,7-8H,6H2,1H3. The van der Waals surface area contributed by atoms with Crippen LogP contribution in [-0.2, 0) is 22.6 Å². The third kappa shape index (κ3) is 8.64. The van der Waals surface area contributed by atoms with Crippen molar-refractivity contribution in [3.63, 3.8) is 0 Å². The maximum absolute atomic E-state index is 12.4. The highest BCUT2D eigenvalue weighted by atomic mass is 16.6.